The van der Waals surface area contributed by atoms with Gasteiger partial charge in [0.2, 0.25) is 5.91 Å². The molecule has 1 amide bonds. The Hall–Kier alpha value is -0.970. The van der Waals surface area contributed by atoms with Gasteiger partial charge < -0.3 is 5.32 Å². The molecule has 1 atom stereocenters. The highest BCUT2D eigenvalue weighted by Gasteiger charge is 2.15. The average molecular weight is 255 g/mol. The monoisotopic (exact) mass is 255 g/mol. The topological polar surface area (TPSA) is 57.8 Å². The lowest BCUT2D eigenvalue weighted by molar-refractivity contribution is -0.121. The van der Waals surface area contributed by atoms with E-state index in [9.17, 15) is 4.79 Å². The van der Waals surface area contributed by atoms with Crippen molar-refractivity contribution in [2.45, 2.75) is 40.2 Å². The highest BCUT2D eigenvalue weighted by atomic mass is 32.2. The van der Waals surface area contributed by atoms with Crippen LogP contribution in [-0.4, -0.2) is 27.6 Å². The molecule has 0 unspecified atom stereocenters. The number of nitrogens with one attached hydrogen (secondary N) is 2. The van der Waals surface area contributed by atoms with Crippen molar-refractivity contribution in [2.75, 3.05) is 11.5 Å². The molecule has 1 aromatic rings. The molecule has 0 aliphatic rings. The van der Waals surface area contributed by atoms with Gasteiger partial charge in [-0.3, -0.25) is 9.89 Å². The molecule has 0 saturated heterocycles. The van der Waals surface area contributed by atoms with Crippen LogP contribution in [-0.2, 0) is 4.79 Å². The fourth-order valence-corrected chi connectivity index (χ4v) is 2.51. The maximum atomic E-state index is 11.7. The van der Waals surface area contributed by atoms with Crippen LogP contribution in [0, 0.1) is 13.8 Å². The third-order valence-corrected chi connectivity index (χ3v) is 3.57. The van der Waals surface area contributed by atoms with E-state index in [1.54, 1.807) is 11.8 Å². The molecule has 0 radical (unpaired) electrons. The molecule has 1 aromatic heterocycles. The minimum absolute atomic E-state index is 0.0212. The van der Waals surface area contributed by atoms with Crippen molar-refractivity contribution in [2.24, 2.45) is 0 Å². The van der Waals surface area contributed by atoms with Crippen molar-refractivity contribution in [3.63, 3.8) is 0 Å². The molecule has 0 aliphatic carbocycles. The number of carbonyl (C=O) groups excluding carboxylic acids is 1. The average Bonchev–Trinajstić information content (AvgIpc) is 2.58. The zero-order valence-electron chi connectivity index (χ0n) is 11.0. The molecule has 96 valence electrons. The number of hydrogen-bond donors (Lipinski definition) is 2. The van der Waals surface area contributed by atoms with E-state index in [1.165, 1.54) is 0 Å². The van der Waals surface area contributed by atoms with Gasteiger partial charge in [-0.2, -0.15) is 16.9 Å². The zero-order valence-corrected chi connectivity index (χ0v) is 11.8. The Bertz CT molecular complexity index is 356. The Morgan fingerprint density at radius 1 is 1.53 bits per heavy atom. The molecule has 0 aliphatic heterocycles. The summed E-state index contributed by atoms with van der Waals surface area (Å²) >= 11 is 1.79. The van der Waals surface area contributed by atoms with E-state index in [0.717, 1.165) is 28.5 Å². The second-order valence-electron chi connectivity index (χ2n) is 4.08. The van der Waals surface area contributed by atoms with Gasteiger partial charge in [-0.05, 0) is 26.5 Å². The van der Waals surface area contributed by atoms with Crippen LogP contribution in [0.15, 0.2) is 0 Å². The molecule has 1 rings (SSSR count). The number of aromatic amines is 1. The van der Waals surface area contributed by atoms with Crippen LogP contribution in [0.5, 0.6) is 0 Å². The van der Waals surface area contributed by atoms with Crippen LogP contribution in [0.1, 0.15) is 43.3 Å². The van der Waals surface area contributed by atoms with Gasteiger partial charge in [0.05, 0.1) is 11.7 Å². The van der Waals surface area contributed by atoms with E-state index < -0.39 is 0 Å². The van der Waals surface area contributed by atoms with Crippen molar-refractivity contribution in [1.29, 1.82) is 0 Å². The first-order valence-corrected chi connectivity index (χ1v) is 7.10. The van der Waals surface area contributed by atoms with E-state index >= 15 is 0 Å². The number of aromatic nitrogens is 2. The Balaban J connectivity index is 2.49. The Labute approximate surface area is 107 Å². The van der Waals surface area contributed by atoms with Crippen LogP contribution < -0.4 is 5.32 Å². The second-order valence-corrected chi connectivity index (χ2v) is 5.48. The van der Waals surface area contributed by atoms with Gasteiger partial charge in [-0.15, -0.1) is 0 Å². The number of carbonyl (C=O) groups is 1. The summed E-state index contributed by atoms with van der Waals surface area (Å²) in [6, 6.07) is 0.0212. The van der Waals surface area contributed by atoms with Gasteiger partial charge in [0.15, 0.2) is 0 Å². The van der Waals surface area contributed by atoms with E-state index in [4.69, 9.17) is 0 Å². The third kappa shape index (κ3) is 4.07. The number of rotatable bonds is 6. The first-order chi connectivity index (χ1) is 8.06. The van der Waals surface area contributed by atoms with Crippen LogP contribution in [0.3, 0.4) is 0 Å². The first-order valence-electron chi connectivity index (χ1n) is 5.94. The van der Waals surface area contributed by atoms with Crippen molar-refractivity contribution in [3.05, 3.63) is 17.0 Å². The number of thioether (sulfide) groups is 1. The molecular weight excluding hydrogens is 234 g/mol. The largest absolute Gasteiger partial charge is 0.349 e. The molecule has 17 heavy (non-hydrogen) atoms. The summed E-state index contributed by atoms with van der Waals surface area (Å²) in [6.07, 6.45) is 0.582. The molecule has 5 heteroatoms. The second kappa shape index (κ2) is 6.69. The molecule has 0 saturated carbocycles. The summed E-state index contributed by atoms with van der Waals surface area (Å²) in [6.45, 7) is 8.03. The highest BCUT2D eigenvalue weighted by Crippen LogP contribution is 2.18. The quantitative estimate of drug-likeness (QED) is 0.767. The number of hydrogen-bond acceptors (Lipinski definition) is 3. The number of amides is 1. The lowest BCUT2D eigenvalue weighted by Gasteiger charge is -2.14. The van der Waals surface area contributed by atoms with Gasteiger partial charge >= 0.3 is 0 Å². The van der Waals surface area contributed by atoms with Crippen molar-refractivity contribution < 1.29 is 4.79 Å². The molecule has 0 bridgehead atoms. The van der Waals surface area contributed by atoms with Crippen molar-refractivity contribution in [1.82, 2.24) is 15.5 Å². The van der Waals surface area contributed by atoms with Gasteiger partial charge in [0.25, 0.3) is 0 Å². The SMILES string of the molecule is CCSCCC(=O)N[C@@H](C)c1c(C)n[nH]c1C. The molecule has 4 nitrogen and oxygen atoms in total. The summed E-state index contributed by atoms with van der Waals surface area (Å²) in [7, 11) is 0. The van der Waals surface area contributed by atoms with E-state index in [1.807, 2.05) is 20.8 Å². The zero-order chi connectivity index (χ0) is 12.8. The first kappa shape index (κ1) is 14.1. The van der Waals surface area contributed by atoms with Crippen molar-refractivity contribution in [3.8, 4) is 0 Å². The fourth-order valence-electron chi connectivity index (χ4n) is 1.89. The lowest BCUT2D eigenvalue weighted by atomic mass is 10.1. The minimum atomic E-state index is 0.0212. The maximum Gasteiger partial charge on any atom is 0.221 e. The predicted molar refractivity (Wildman–Crippen MR) is 72.2 cm³/mol. The Morgan fingerprint density at radius 3 is 2.76 bits per heavy atom. The van der Waals surface area contributed by atoms with E-state index in [0.29, 0.717) is 6.42 Å². The van der Waals surface area contributed by atoms with E-state index in [2.05, 4.69) is 22.4 Å². The van der Waals surface area contributed by atoms with Crippen LogP contribution in [0.4, 0.5) is 0 Å². The maximum absolute atomic E-state index is 11.7. The lowest BCUT2D eigenvalue weighted by Crippen LogP contribution is -2.27. The molecule has 0 aromatic carbocycles. The number of aryl methyl sites for hydroxylation is 2. The molecular formula is C12H21N3OS. The Kier molecular flexibility index (Phi) is 5.55. The normalized spacial score (nSPS) is 12.5. The molecule has 1 heterocycles. The molecule has 2 N–H and O–H groups in total. The minimum Gasteiger partial charge on any atom is -0.349 e. The summed E-state index contributed by atoms with van der Waals surface area (Å²) in [5.41, 5.74) is 3.08. The van der Waals surface area contributed by atoms with Crippen molar-refractivity contribution >= 4 is 17.7 Å². The fraction of sp³-hybridized carbons (Fsp3) is 0.667. The summed E-state index contributed by atoms with van der Waals surface area (Å²) < 4.78 is 0. The van der Waals surface area contributed by atoms with Crippen LogP contribution in [0.25, 0.3) is 0 Å². The van der Waals surface area contributed by atoms with Crippen LogP contribution in [0.2, 0.25) is 0 Å². The van der Waals surface area contributed by atoms with Gasteiger partial charge in [-0.25, -0.2) is 0 Å². The van der Waals surface area contributed by atoms with Crippen LogP contribution >= 0.6 is 11.8 Å². The van der Waals surface area contributed by atoms with Gasteiger partial charge in [0, 0.05) is 23.4 Å². The molecule has 0 fully saturated rings. The summed E-state index contributed by atoms with van der Waals surface area (Å²) in [5, 5.41) is 10.1. The predicted octanol–water partition coefficient (Wildman–Crippen LogP) is 2.35. The number of H-pyrrole nitrogens is 1. The molecule has 0 spiro atoms. The third-order valence-electron chi connectivity index (χ3n) is 2.67. The summed E-state index contributed by atoms with van der Waals surface area (Å²) in [5.74, 6) is 2.06. The highest BCUT2D eigenvalue weighted by molar-refractivity contribution is 7.99. The standard InChI is InChI=1S/C12H21N3OS/c1-5-17-7-6-11(16)13-8(2)12-9(3)14-15-10(12)4/h8H,5-7H2,1-4H3,(H,13,16)(H,14,15)/t8-/m0/s1. The number of nitrogens with zero attached hydrogens (tertiary/aromatic N) is 1. The smallest absolute Gasteiger partial charge is 0.221 e. The van der Waals surface area contributed by atoms with E-state index in [-0.39, 0.29) is 11.9 Å². The summed E-state index contributed by atoms with van der Waals surface area (Å²) in [4.78, 5) is 11.7. The van der Waals surface area contributed by atoms with Gasteiger partial charge in [0.1, 0.15) is 0 Å². The Morgan fingerprint density at radius 2 is 2.24 bits per heavy atom. The van der Waals surface area contributed by atoms with Gasteiger partial charge in [-0.1, -0.05) is 6.92 Å².